The topological polar surface area (TPSA) is 130 Å². The lowest BCUT2D eigenvalue weighted by Crippen LogP contribution is -2.51. The van der Waals surface area contributed by atoms with Gasteiger partial charge in [-0.1, -0.05) is 29.6 Å². The normalized spacial score (nSPS) is 17.3. The molecule has 5 rings (SSSR count). The largest absolute Gasteiger partial charge is 0.389 e. The number of carbonyl (C=O) groups excluding carboxylic acids is 1. The first-order chi connectivity index (χ1) is 20.3. The van der Waals surface area contributed by atoms with Gasteiger partial charge in [0.15, 0.2) is 0 Å². The minimum Gasteiger partial charge on any atom is -0.389 e. The van der Waals surface area contributed by atoms with Crippen molar-refractivity contribution in [3.63, 3.8) is 0 Å². The monoisotopic (exact) mass is 612 g/mol. The maximum atomic E-state index is 12.9. The van der Waals surface area contributed by atoms with E-state index in [1.54, 1.807) is 29.2 Å². The number of aliphatic hydroxyl groups excluding tert-OH is 1. The summed E-state index contributed by atoms with van der Waals surface area (Å²) in [6.07, 6.45) is 5.06. The molecule has 3 aromatic rings. The molecule has 0 bridgehead atoms. The first-order valence-electron chi connectivity index (χ1n) is 13.6. The molecule has 0 radical (unpaired) electrons. The number of allylic oxidation sites excluding steroid dienone is 2. The number of methoxy groups -OCH3 is 1. The summed E-state index contributed by atoms with van der Waals surface area (Å²) in [6, 6.07) is 9.12. The van der Waals surface area contributed by atoms with Crippen molar-refractivity contribution >= 4 is 41.7 Å². The molecule has 2 amide bonds. The van der Waals surface area contributed by atoms with Crippen molar-refractivity contribution in [3.8, 4) is 16.9 Å². The van der Waals surface area contributed by atoms with Crippen molar-refractivity contribution in [3.05, 3.63) is 59.7 Å². The number of anilines is 2. The highest BCUT2D eigenvalue weighted by atomic mass is 31.0. The average Bonchev–Trinajstić information content (AvgIpc) is 3.54. The number of para-hydroxylation sites is 1. The van der Waals surface area contributed by atoms with Gasteiger partial charge in [0.05, 0.1) is 31.0 Å². The third-order valence-corrected chi connectivity index (χ3v) is 6.88. The van der Waals surface area contributed by atoms with Crippen LogP contribution in [0.5, 0.6) is 0 Å². The van der Waals surface area contributed by atoms with Gasteiger partial charge in [0.1, 0.15) is 11.5 Å². The molecule has 1 aromatic carbocycles. The molecular formula is C28H38N8O4P2. The summed E-state index contributed by atoms with van der Waals surface area (Å²) in [5.74, 6) is 2.95. The fourth-order valence-electron chi connectivity index (χ4n) is 4.34. The standard InChI is InChI=1S/C24H30N8O4.C4H8P2/c1-16-21(17-10-25-23(26-11-17)30-13-20(33)14-30)29-32(19-6-4-3-5-7-19)22(16)28-24(34)27-18-12-31(36-15-18)8-9-35-2;1-4(6)2-3-5/h3-7,10-11,18,20,33H,8-9,12-15H2,1-2H3,(H2,27,28,34);2-3,5H,6H2,1H3/b;4-2+/t18-;/m1./s1. The van der Waals surface area contributed by atoms with E-state index >= 15 is 0 Å². The van der Waals surface area contributed by atoms with Crippen molar-refractivity contribution < 1.29 is 19.5 Å². The average molecular weight is 613 g/mol. The molecule has 2 atom stereocenters. The zero-order valence-electron chi connectivity index (χ0n) is 24.0. The van der Waals surface area contributed by atoms with Crippen LogP contribution in [0.25, 0.3) is 16.9 Å². The van der Waals surface area contributed by atoms with E-state index in [2.05, 4.69) is 38.7 Å². The van der Waals surface area contributed by atoms with Gasteiger partial charge < -0.3 is 20.1 Å². The number of β-amino-alcohol motifs (C(OH)–C–C–N with tert-alkyl or cyclic N) is 1. The molecule has 4 heterocycles. The van der Waals surface area contributed by atoms with Crippen LogP contribution >= 0.6 is 18.1 Å². The van der Waals surface area contributed by atoms with Crippen LogP contribution in [0.1, 0.15) is 12.5 Å². The molecule has 2 aromatic heterocycles. The molecule has 14 heteroatoms. The van der Waals surface area contributed by atoms with Crippen molar-refractivity contribution in [2.45, 2.75) is 26.0 Å². The van der Waals surface area contributed by atoms with Crippen LogP contribution in [0.15, 0.2) is 54.1 Å². The smallest absolute Gasteiger partial charge is 0.320 e. The number of rotatable bonds is 9. The second-order valence-corrected chi connectivity index (χ2v) is 11.2. The number of carbonyl (C=O) groups is 1. The molecule has 0 aliphatic carbocycles. The number of ether oxygens (including phenoxy) is 1. The molecule has 3 N–H and O–H groups in total. The number of benzene rings is 1. The van der Waals surface area contributed by atoms with Crippen LogP contribution in [0.3, 0.4) is 0 Å². The highest BCUT2D eigenvalue weighted by Crippen LogP contribution is 2.30. The fraction of sp³-hybridized carbons (Fsp3) is 0.393. The van der Waals surface area contributed by atoms with E-state index in [4.69, 9.17) is 14.7 Å². The first kappa shape index (κ1) is 31.7. The van der Waals surface area contributed by atoms with Crippen LogP contribution < -0.4 is 15.5 Å². The van der Waals surface area contributed by atoms with E-state index in [0.717, 1.165) is 16.8 Å². The van der Waals surface area contributed by atoms with Crippen LogP contribution in [0.4, 0.5) is 16.6 Å². The van der Waals surface area contributed by atoms with Crippen molar-refractivity contribution in [1.29, 1.82) is 0 Å². The van der Waals surface area contributed by atoms with Gasteiger partial charge in [-0.3, -0.25) is 10.2 Å². The molecule has 2 aliphatic rings. The number of aromatic nitrogens is 4. The van der Waals surface area contributed by atoms with Gasteiger partial charge in [0.25, 0.3) is 0 Å². The van der Waals surface area contributed by atoms with Crippen LogP contribution in [-0.2, 0) is 9.57 Å². The third-order valence-electron chi connectivity index (χ3n) is 6.52. The molecule has 12 nitrogen and oxygen atoms in total. The fourth-order valence-corrected chi connectivity index (χ4v) is 4.89. The predicted octanol–water partition coefficient (Wildman–Crippen LogP) is 2.91. The number of nitrogens with one attached hydrogen (secondary N) is 2. The second kappa shape index (κ2) is 15.3. The summed E-state index contributed by atoms with van der Waals surface area (Å²) in [7, 11) is 7.40. The SMILES string of the molecule is C/C(P)=C\C=P.COCCN1C[C@@H](NC(=O)Nc2c(C)c(-c3cnc(N4CC(O)C4)nc3)nn2-c2ccccc2)CO1. The molecular weight excluding hydrogens is 574 g/mol. The van der Waals surface area contributed by atoms with Crippen LogP contribution in [0.2, 0.25) is 0 Å². The summed E-state index contributed by atoms with van der Waals surface area (Å²) in [5, 5.41) is 23.3. The number of amides is 2. The quantitative estimate of drug-likeness (QED) is 0.313. The van der Waals surface area contributed by atoms with E-state index in [0.29, 0.717) is 56.9 Å². The molecule has 0 spiro atoms. The number of nitrogens with zero attached hydrogens (tertiary/aromatic N) is 6. The summed E-state index contributed by atoms with van der Waals surface area (Å²) < 4.78 is 6.79. The van der Waals surface area contributed by atoms with Gasteiger partial charge in [-0.05, 0) is 31.8 Å². The first-order valence-corrected chi connectivity index (χ1v) is 14.7. The molecule has 1 unspecified atom stereocenters. The maximum Gasteiger partial charge on any atom is 0.320 e. The van der Waals surface area contributed by atoms with Crippen molar-refractivity contribution in [2.24, 2.45) is 0 Å². The van der Waals surface area contributed by atoms with Gasteiger partial charge in [0, 0.05) is 56.8 Å². The van der Waals surface area contributed by atoms with E-state index in [1.165, 1.54) is 5.31 Å². The van der Waals surface area contributed by atoms with E-state index in [9.17, 15) is 9.90 Å². The van der Waals surface area contributed by atoms with Gasteiger partial charge in [-0.25, -0.2) is 19.4 Å². The Labute approximate surface area is 250 Å². The zero-order chi connectivity index (χ0) is 30.1. The van der Waals surface area contributed by atoms with Crippen molar-refractivity contribution in [2.75, 3.05) is 56.7 Å². The Kier molecular flexibility index (Phi) is 11.5. The number of hydrogen-bond acceptors (Lipinski definition) is 9. The molecule has 42 heavy (non-hydrogen) atoms. The molecule has 2 aliphatic heterocycles. The Balaban J connectivity index is 0.000000612. The zero-order valence-corrected chi connectivity index (χ0v) is 26.2. The highest BCUT2D eigenvalue weighted by Gasteiger charge is 2.28. The van der Waals surface area contributed by atoms with Gasteiger partial charge >= 0.3 is 6.03 Å². The second-order valence-electron chi connectivity index (χ2n) is 9.95. The summed E-state index contributed by atoms with van der Waals surface area (Å²) in [6.45, 7) is 7.15. The number of aliphatic hydroxyl groups is 1. The summed E-state index contributed by atoms with van der Waals surface area (Å²) >= 11 is 0. The van der Waals surface area contributed by atoms with Crippen LogP contribution in [0, 0.1) is 6.92 Å². The minimum atomic E-state index is -0.341. The summed E-state index contributed by atoms with van der Waals surface area (Å²) in [4.78, 5) is 29.4. The number of hydrogen-bond donors (Lipinski definition) is 3. The Bertz CT molecular complexity index is 1360. The predicted molar refractivity (Wildman–Crippen MR) is 171 cm³/mol. The molecule has 224 valence electrons. The lowest BCUT2D eigenvalue weighted by molar-refractivity contribution is -0.118. The third kappa shape index (κ3) is 8.41. The van der Waals surface area contributed by atoms with E-state index in [1.807, 2.05) is 61.0 Å². The summed E-state index contributed by atoms with van der Waals surface area (Å²) in [5.41, 5.74) is 2.99. The number of hydroxylamine groups is 2. The Morgan fingerprint density at radius 1 is 1.24 bits per heavy atom. The van der Waals surface area contributed by atoms with E-state index < -0.39 is 0 Å². The van der Waals surface area contributed by atoms with Crippen molar-refractivity contribution in [1.82, 2.24) is 30.1 Å². The maximum absolute atomic E-state index is 12.9. The molecule has 2 fully saturated rings. The Morgan fingerprint density at radius 3 is 2.55 bits per heavy atom. The highest BCUT2D eigenvalue weighted by molar-refractivity contribution is 7.23. The lowest BCUT2D eigenvalue weighted by Gasteiger charge is -2.35. The van der Waals surface area contributed by atoms with Gasteiger partial charge in [-0.2, -0.15) is 10.2 Å². The molecule has 0 saturated carbocycles. The Hall–Kier alpha value is -3.24. The van der Waals surface area contributed by atoms with Gasteiger partial charge in [0.2, 0.25) is 5.95 Å². The Morgan fingerprint density at radius 2 is 1.95 bits per heavy atom. The minimum absolute atomic E-state index is 0.143. The molecule has 2 saturated heterocycles. The van der Waals surface area contributed by atoms with Crippen LogP contribution in [-0.4, -0.2) is 100 Å². The van der Waals surface area contributed by atoms with E-state index in [-0.39, 0.29) is 18.2 Å². The van der Waals surface area contributed by atoms with Gasteiger partial charge in [-0.15, -0.1) is 18.1 Å². The number of urea groups is 1. The lowest BCUT2D eigenvalue weighted by atomic mass is 10.1.